The Morgan fingerprint density at radius 2 is 1.35 bits per heavy atom. The SMILES string of the molecule is CN(C)C1=[N+](c2ccccc2)[B-](C(F)(F)F)(C(F)(F)F)C1(C)C. The van der Waals surface area contributed by atoms with Crippen LogP contribution in [0.2, 0.25) is 5.31 Å². The van der Waals surface area contributed by atoms with Gasteiger partial charge in [-0.2, -0.15) is 0 Å². The van der Waals surface area contributed by atoms with Gasteiger partial charge in [-0.3, -0.25) is 4.90 Å². The first-order chi connectivity index (χ1) is 10.3. The zero-order chi connectivity index (χ0) is 17.8. The van der Waals surface area contributed by atoms with E-state index in [1.165, 1.54) is 43.3 Å². The van der Waals surface area contributed by atoms with Gasteiger partial charge in [0.15, 0.2) is 5.84 Å². The van der Waals surface area contributed by atoms with Gasteiger partial charge in [0.25, 0.3) is 0 Å². The summed E-state index contributed by atoms with van der Waals surface area (Å²) in [5.41, 5.74) is -0.120. The van der Waals surface area contributed by atoms with Crippen molar-refractivity contribution in [1.29, 1.82) is 0 Å². The van der Waals surface area contributed by atoms with E-state index in [9.17, 15) is 26.3 Å². The van der Waals surface area contributed by atoms with Crippen LogP contribution in [0.15, 0.2) is 30.3 Å². The van der Waals surface area contributed by atoms with Crippen molar-refractivity contribution < 1.29 is 30.8 Å². The number of alkyl halides is 6. The lowest BCUT2D eigenvalue weighted by molar-refractivity contribution is -0.391. The number of hydrogen-bond acceptors (Lipinski definition) is 1. The molecule has 9 heteroatoms. The Bertz CT molecular complexity index is 617. The Kier molecular flexibility index (Phi) is 3.78. The van der Waals surface area contributed by atoms with Gasteiger partial charge in [0.1, 0.15) is 0 Å². The minimum Gasteiger partial charge on any atom is -0.416 e. The van der Waals surface area contributed by atoms with E-state index in [1.807, 2.05) is 0 Å². The maximum atomic E-state index is 13.8. The molecule has 23 heavy (non-hydrogen) atoms. The number of benzene rings is 1. The van der Waals surface area contributed by atoms with Gasteiger partial charge in [-0.05, 0) is 17.4 Å². The van der Waals surface area contributed by atoms with Crippen molar-refractivity contribution in [2.45, 2.75) is 31.3 Å². The average molecular weight is 338 g/mol. The summed E-state index contributed by atoms with van der Waals surface area (Å²) in [6, 6.07) is 6.89. The molecule has 0 fully saturated rings. The normalized spacial score (nSPS) is 20.3. The molecule has 2 rings (SSSR count). The molecule has 1 heterocycles. The molecule has 0 unspecified atom stereocenters. The molecule has 0 amide bonds. The van der Waals surface area contributed by atoms with E-state index in [1.54, 1.807) is 6.07 Å². The molecule has 0 saturated heterocycles. The molecular weight excluding hydrogens is 321 g/mol. The molecule has 0 N–H and O–H groups in total. The maximum Gasteiger partial charge on any atom is 0.424 e. The second-order valence-electron chi connectivity index (χ2n) is 6.55. The molecule has 0 spiro atoms. The molecule has 0 aromatic heterocycles. The van der Waals surface area contributed by atoms with Gasteiger partial charge in [-0.1, -0.05) is 32.0 Å². The predicted molar refractivity (Wildman–Crippen MR) is 77.0 cm³/mol. The summed E-state index contributed by atoms with van der Waals surface area (Å²) in [5, 5.41) is -2.10. The number of amidine groups is 1. The van der Waals surface area contributed by atoms with Gasteiger partial charge in [0, 0.05) is 0 Å². The summed E-state index contributed by atoms with van der Waals surface area (Å²) < 4.78 is 82.9. The van der Waals surface area contributed by atoms with E-state index in [4.69, 9.17) is 0 Å². The molecule has 1 aliphatic heterocycles. The van der Waals surface area contributed by atoms with E-state index >= 15 is 0 Å². The molecule has 0 bridgehead atoms. The first kappa shape index (κ1) is 17.7. The lowest BCUT2D eigenvalue weighted by Crippen LogP contribution is -2.84. The van der Waals surface area contributed by atoms with Crippen LogP contribution in [0.25, 0.3) is 0 Å². The minimum absolute atomic E-state index is 0.0154. The predicted octanol–water partition coefficient (Wildman–Crippen LogP) is 4.23. The highest BCUT2D eigenvalue weighted by atomic mass is 19.4. The lowest BCUT2D eigenvalue weighted by atomic mass is 9.15. The summed E-state index contributed by atoms with van der Waals surface area (Å²) in [6.07, 6.45) is -15.7. The molecule has 2 nitrogen and oxygen atoms in total. The monoisotopic (exact) mass is 338 g/mol. The summed E-state index contributed by atoms with van der Waals surface area (Å²) in [5.74, 6) is -0.0154. The number of hydrogen-bond donors (Lipinski definition) is 0. The van der Waals surface area contributed by atoms with Crippen LogP contribution in [-0.2, 0) is 0 Å². The van der Waals surface area contributed by atoms with Gasteiger partial charge in [0.05, 0.1) is 19.8 Å². The quantitative estimate of drug-likeness (QED) is 0.549. The number of halogens is 6. The Hall–Kier alpha value is -1.67. The van der Waals surface area contributed by atoms with Crippen molar-refractivity contribution in [1.82, 2.24) is 4.90 Å². The summed E-state index contributed by atoms with van der Waals surface area (Å²) in [4.78, 5) is 1.31. The third kappa shape index (κ3) is 2.08. The first-order valence-corrected chi connectivity index (χ1v) is 6.98. The summed E-state index contributed by atoms with van der Waals surface area (Å²) >= 11 is 0. The molecule has 0 aliphatic carbocycles. The van der Waals surface area contributed by atoms with Crippen LogP contribution in [0.3, 0.4) is 0 Å². The highest BCUT2D eigenvalue weighted by molar-refractivity contribution is 6.86. The van der Waals surface area contributed by atoms with Crippen molar-refractivity contribution in [2.24, 2.45) is 0 Å². The van der Waals surface area contributed by atoms with Crippen LogP contribution in [0.4, 0.5) is 32.0 Å². The van der Waals surface area contributed by atoms with Crippen molar-refractivity contribution in [3.8, 4) is 0 Å². The summed E-state index contributed by atoms with van der Waals surface area (Å²) in [6.45, 7) is 2.01. The van der Waals surface area contributed by atoms with Crippen molar-refractivity contribution in [3.05, 3.63) is 30.3 Å². The average Bonchev–Trinajstić information content (AvgIpc) is 2.33. The highest BCUT2D eigenvalue weighted by Crippen LogP contribution is 2.63. The smallest absolute Gasteiger partial charge is 0.416 e. The second-order valence-corrected chi connectivity index (χ2v) is 6.55. The van der Waals surface area contributed by atoms with E-state index in [0.717, 1.165) is 13.8 Å². The Morgan fingerprint density at radius 1 is 0.913 bits per heavy atom. The maximum absolute atomic E-state index is 13.8. The van der Waals surface area contributed by atoms with Crippen LogP contribution in [-0.4, -0.2) is 47.7 Å². The summed E-state index contributed by atoms with van der Waals surface area (Å²) in [7, 11) is 2.89. The van der Waals surface area contributed by atoms with Gasteiger partial charge >= 0.3 is 18.4 Å². The topological polar surface area (TPSA) is 6.25 Å². The third-order valence-corrected chi connectivity index (χ3v) is 4.64. The molecular formula is C14H17BF6N2. The number of para-hydroxylation sites is 1. The third-order valence-electron chi connectivity index (χ3n) is 4.64. The van der Waals surface area contributed by atoms with Crippen LogP contribution in [0.1, 0.15) is 13.8 Å². The second kappa shape index (κ2) is 4.91. The van der Waals surface area contributed by atoms with Gasteiger partial charge < -0.3 is 4.49 Å². The van der Waals surface area contributed by atoms with Crippen LogP contribution >= 0.6 is 0 Å². The highest BCUT2D eigenvalue weighted by Gasteiger charge is 2.85. The number of rotatable bonds is 1. The van der Waals surface area contributed by atoms with E-state index < -0.39 is 23.7 Å². The van der Waals surface area contributed by atoms with Gasteiger partial charge in [-0.25, -0.2) is 26.3 Å². The number of nitrogens with zero attached hydrogens (tertiary/aromatic N) is 2. The molecule has 1 aromatic carbocycles. The fourth-order valence-corrected chi connectivity index (χ4v) is 3.96. The molecule has 0 radical (unpaired) electrons. The van der Waals surface area contributed by atoms with E-state index in [0.29, 0.717) is 4.49 Å². The fourth-order valence-electron chi connectivity index (χ4n) is 3.96. The zero-order valence-corrected chi connectivity index (χ0v) is 13.1. The Labute approximate surface area is 130 Å². The van der Waals surface area contributed by atoms with E-state index in [2.05, 4.69) is 0 Å². The first-order valence-electron chi connectivity index (χ1n) is 6.98. The fraction of sp³-hybridized carbons (Fsp3) is 0.500. The zero-order valence-electron chi connectivity index (χ0n) is 13.1. The molecule has 128 valence electrons. The lowest BCUT2D eigenvalue weighted by Gasteiger charge is -2.61. The van der Waals surface area contributed by atoms with Gasteiger partial charge in [0.2, 0.25) is 0 Å². The molecule has 1 aliphatic rings. The minimum atomic E-state index is -5.43. The van der Waals surface area contributed by atoms with Crippen LogP contribution in [0.5, 0.6) is 0 Å². The molecule has 0 atom stereocenters. The standard InChI is InChI=1S/C14H17BF6N2/c1-12(2)11(22(3)4)23(10-8-6-5-7-9-10)15(12,13(16,17)18)14(19,20)21/h5-9H,1-4H3. The van der Waals surface area contributed by atoms with Crippen LogP contribution in [0, 0.1) is 0 Å². The van der Waals surface area contributed by atoms with Crippen molar-refractivity contribution >= 4 is 17.8 Å². The van der Waals surface area contributed by atoms with Crippen molar-refractivity contribution in [3.63, 3.8) is 0 Å². The van der Waals surface area contributed by atoms with E-state index in [-0.39, 0.29) is 11.5 Å². The van der Waals surface area contributed by atoms with Gasteiger partial charge in [-0.15, -0.1) is 0 Å². The molecule has 0 saturated carbocycles. The Balaban J connectivity index is 2.92. The van der Waals surface area contributed by atoms with Crippen molar-refractivity contribution in [2.75, 3.05) is 14.1 Å². The van der Waals surface area contributed by atoms with Crippen LogP contribution < -0.4 is 0 Å². The molecule has 1 aromatic rings. The Morgan fingerprint density at radius 3 is 1.70 bits per heavy atom. The largest absolute Gasteiger partial charge is 0.424 e.